The highest BCUT2D eigenvalue weighted by Gasteiger charge is 2.21. The smallest absolute Gasteiger partial charge is 0.237 e. The van der Waals surface area contributed by atoms with Crippen LogP contribution in [0.15, 0.2) is 30.3 Å². The fourth-order valence-electron chi connectivity index (χ4n) is 1.68. The van der Waals surface area contributed by atoms with Crippen molar-refractivity contribution in [1.82, 2.24) is 0 Å². The minimum atomic E-state index is -4.22. The van der Waals surface area contributed by atoms with Gasteiger partial charge in [0.05, 0.1) is 16.5 Å². The summed E-state index contributed by atoms with van der Waals surface area (Å²) >= 11 is 5.45. The third kappa shape index (κ3) is 3.45. The molecule has 0 heterocycles. The van der Waals surface area contributed by atoms with Crippen molar-refractivity contribution in [3.8, 4) is 5.75 Å². The van der Waals surface area contributed by atoms with Crippen LogP contribution in [0.1, 0.15) is 5.56 Å². The van der Waals surface area contributed by atoms with Crippen LogP contribution >= 0.6 is 11.6 Å². The number of nitrogens with one attached hydrogen (secondary N) is 1. The maximum atomic E-state index is 13.6. The van der Waals surface area contributed by atoms with Crippen molar-refractivity contribution >= 4 is 27.3 Å². The van der Waals surface area contributed by atoms with Crippen molar-refractivity contribution in [2.24, 2.45) is 0 Å². The predicted molar refractivity (Wildman–Crippen MR) is 75.7 cm³/mol. The quantitative estimate of drug-likeness (QED) is 0.655. The van der Waals surface area contributed by atoms with Crippen LogP contribution in [0.4, 0.5) is 18.9 Å². The third-order valence-electron chi connectivity index (χ3n) is 2.70. The molecule has 2 aromatic rings. The van der Waals surface area contributed by atoms with E-state index in [1.165, 1.54) is 18.2 Å². The molecular formula is C13H9ClF3NO3S. The molecule has 4 nitrogen and oxygen atoms in total. The molecule has 2 rings (SSSR count). The summed E-state index contributed by atoms with van der Waals surface area (Å²) in [5, 5.41) is 8.54. The molecule has 0 aliphatic carbocycles. The fourth-order valence-corrected chi connectivity index (χ4v) is 3.07. The van der Waals surface area contributed by atoms with Gasteiger partial charge in [-0.3, -0.25) is 4.72 Å². The summed E-state index contributed by atoms with van der Waals surface area (Å²) in [6, 6.07) is 5.85. The van der Waals surface area contributed by atoms with Crippen LogP contribution in [0.5, 0.6) is 5.75 Å². The molecular weight excluding hydrogens is 343 g/mol. The summed E-state index contributed by atoms with van der Waals surface area (Å²) in [6.07, 6.45) is 0. The van der Waals surface area contributed by atoms with Gasteiger partial charge in [0.25, 0.3) is 0 Å². The number of halogens is 4. The second-order valence-electron chi connectivity index (χ2n) is 4.34. The van der Waals surface area contributed by atoms with Gasteiger partial charge in [-0.15, -0.1) is 0 Å². The number of aromatic hydroxyl groups is 1. The van der Waals surface area contributed by atoms with Crippen molar-refractivity contribution in [2.75, 3.05) is 4.72 Å². The van der Waals surface area contributed by atoms with Crippen LogP contribution in [0, 0.1) is 17.5 Å². The van der Waals surface area contributed by atoms with E-state index in [-0.39, 0.29) is 5.56 Å². The molecule has 0 aliphatic rings. The summed E-state index contributed by atoms with van der Waals surface area (Å²) in [6.45, 7) is 0. The first-order chi connectivity index (χ1) is 10.2. The molecule has 0 unspecified atom stereocenters. The van der Waals surface area contributed by atoms with Crippen molar-refractivity contribution < 1.29 is 26.7 Å². The molecule has 0 amide bonds. The van der Waals surface area contributed by atoms with Crippen LogP contribution in [0.25, 0.3) is 0 Å². The number of rotatable bonds is 4. The Morgan fingerprint density at radius 1 is 1.14 bits per heavy atom. The van der Waals surface area contributed by atoms with Gasteiger partial charge in [-0.2, -0.15) is 4.39 Å². The average Bonchev–Trinajstić information content (AvgIpc) is 2.44. The first kappa shape index (κ1) is 16.4. The number of hydrogen-bond donors (Lipinski definition) is 2. The van der Waals surface area contributed by atoms with Gasteiger partial charge in [0.1, 0.15) is 5.82 Å². The van der Waals surface area contributed by atoms with Crippen LogP contribution in [-0.2, 0) is 15.8 Å². The molecule has 0 aliphatic heterocycles. The van der Waals surface area contributed by atoms with E-state index in [9.17, 15) is 21.6 Å². The highest BCUT2D eigenvalue weighted by atomic mass is 35.5. The molecule has 0 atom stereocenters. The van der Waals surface area contributed by atoms with E-state index in [2.05, 4.69) is 0 Å². The van der Waals surface area contributed by atoms with E-state index in [0.717, 1.165) is 6.07 Å². The van der Waals surface area contributed by atoms with Crippen molar-refractivity contribution in [1.29, 1.82) is 0 Å². The van der Waals surface area contributed by atoms with Crippen LogP contribution in [0.3, 0.4) is 0 Å². The Balaban J connectivity index is 2.32. The third-order valence-corrected chi connectivity index (χ3v) is 4.21. The zero-order valence-corrected chi connectivity index (χ0v) is 12.4. The van der Waals surface area contributed by atoms with Crippen molar-refractivity contribution in [3.63, 3.8) is 0 Å². The number of sulfonamides is 1. The summed E-state index contributed by atoms with van der Waals surface area (Å²) in [7, 11) is -4.22. The Bertz CT molecular complexity index is 828. The van der Waals surface area contributed by atoms with Crippen LogP contribution < -0.4 is 4.72 Å². The number of phenolic OH excluding ortho intramolecular Hbond substituents is 1. The maximum Gasteiger partial charge on any atom is 0.237 e. The van der Waals surface area contributed by atoms with E-state index in [1.54, 1.807) is 4.72 Å². The Hall–Kier alpha value is -1.93. The average molecular weight is 352 g/mol. The van der Waals surface area contributed by atoms with Crippen LogP contribution in [0.2, 0.25) is 5.02 Å². The predicted octanol–water partition coefficient (Wildman–Crippen LogP) is 3.40. The van der Waals surface area contributed by atoms with Gasteiger partial charge in [-0.25, -0.2) is 17.2 Å². The second-order valence-corrected chi connectivity index (χ2v) is 6.46. The molecule has 2 N–H and O–H groups in total. The summed E-state index contributed by atoms with van der Waals surface area (Å²) in [4.78, 5) is 0. The summed E-state index contributed by atoms with van der Waals surface area (Å²) < 4.78 is 65.9. The van der Waals surface area contributed by atoms with Gasteiger partial charge in [0.15, 0.2) is 11.6 Å². The van der Waals surface area contributed by atoms with Gasteiger partial charge in [0.2, 0.25) is 15.8 Å². The normalized spacial score (nSPS) is 11.5. The molecule has 2 aromatic carbocycles. The van der Waals surface area contributed by atoms with E-state index in [0.29, 0.717) is 6.07 Å². The molecule has 0 saturated heterocycles. The van der Waals surface area contributed by atoms with Crippen molar-refractivity contribution in [3.05, 3.63) is 58.4 Å². The number of anilines is 1. The van der Waals surface area contributed by atoms with E-state index >= 15 is 0 Å². The van der Waals surface area contributed by atoms with Gasteiger partial charge in [-0.1, -0.05) is 29.8 Å². The fraction of sp³-hybridized carbons (Fsp3) is 0.0769. The van der Waals surface area contributed by atoms with E-state index in [1.807, 2.05) is 0 Å². The summed E-state index contributed by atoms with van der Waals surface area (Å²) in [5.41, 5.74) is -0.919. The molecule has 0 saturated carbocycles. The van der Waals surface area contributed by atoms with E-state index < -0.39 is 49.7 Å². The SMILES string of the molecule is O=S(=O)(Cc1ccccc1F)Nc1cc(Cl)c(O)c(F)c1F. The van der Waals surface area contributed by atoms with Gasteiger partial charge in [0, 0.05) is 5.56 Å². The lowest BCUT2D eigenvalue weighted by molar-refractivity contribution is 0.408. The topological polar surface area (TPSA) is 66.4 Å². The highest BCUT2D eigenvalue weighted by Crippen LogP contribution is 2.33. The molecule has 118 valence electrons. The largest absolute Gasteiger partial charge is 0.504 e. The van der Waals surface area contributed by atoms with Gasteiger partial charge in [-0.05, 0) is 12.1 Å². The Morgan fingerprint density at radius 3 is 2.41 bits per heavy atom. The molecule has 0 bridgehead atoms. The zero-order valence-electron chi connectivity index (χ0n) is 10.8. The minimum Gasteiger partial charge on any atom is -0.504 e. The Morgan fingerprint density at radius 2 is 1.77 bits per heavy atom. The monoisotopic (exact) mass is 351 g/mol. The lowest BCUT2D eigenvalue weighted by Gasteiger charge is -2.11. The highest BCUT2D eigenvalue weighted by molar-refractivity contribution is 7.91. The second kappa shape index (κ2) is 6.05. The molecule has 0 spiro atoms. The Kier molecular flexibility index (Phi) is 4.52. The summed E-state index contributed by atoms with van der Waals surface area (Å²) in [5.74, 6) is -5.95. The number of hydrogen-bond acceptors (Lipinski definition) is 3. The van der Waals surface area contributed by atoms with Gasteiger partial charge < -0.3 is 5.11 Å². The lowest BCUT2D eigenvalue weighted by Crippen LogP contribution is -2.17. The van der Waals surface area contributed by atoms with Crippen molar-refractivity contribution in [2.45, 2.75) is 5.75 Å². The number of phenols is 1. The van der Waals surface area contributed by atoms with E-state index in [4.69, 9.17) is 16.7 Å². The molecule has 0 aromatic heterocycles. The standard InChI is InChI=1S/C13H9ClF3NO3S/c14-8-5-10(11(16)12(17)13(8)19)18-22(20,21)6-7-3-1-2-4-9(7)15/h1-5,18-19H,6H2. The molecule has 9 heteroatoms. The Labute approximate surface area is 129 Å². The molecule has 0 radical (unpaired) electrons. The zero-order chi connectivity index (χ0) is 16.5. The van der Waals surface area contributed by atoms with Crippen LogP contribution in [-0.4, -0.2) is 13.5 Å². The molecule has 22 heavy (non-hydrogen) atoms. The minimum absolute atomic E-state index is 0.138. The van der Waals surface area contributed by atoms with Gasteiger partial charge >= 0.3 is 0 Å². The first-order valence-corrected chi connectivity index (χ1v) is 7.84. The number of benzene rings is 2. The lowest BCUT2D eigenvalue weighted by atomic mass is 10.2. The molecule has 0 fully saturated rings. The first-order valence-electron chi connectivity index (χ1n) is 5.81. The maximum absolute atomic E-state index is 13.6.